The van der Waals surface area contributed by atoms with Crippen molar-refractivity contribution in [1.82, 2.24) is 29.5 Å². The van der Waals surface area contributed by atoms with Gasteiger partial charge in [-0.2, -0.15) is 0 Å². The molecule has 0 spiro atoms. The Balaban J connectivity index is 0.000000109. The number of benzene rings is 10. The number of para-hydroxylation sites is 2. The lowest BCUT2D eigenvalue weighted by Crippen LogP contribution is -2.02. The SMILES string of the molecule is Clc1nc(-c2ccccc2)c2sc3ccccc3c2n1.c1ccc(-c2nc(-n3c4ccccc4c4c5sc6ccccc6c5ccc43)nc3c2sc2ccccc23)cc1.c1ccc2c(c1)[nH]c1ccc3c4ccccc4sc3c12. The van der Waals surface area contributed by atoms with Crippen LogP contribution in [0.2, 0.25) is 5.28 Å². The van der Waals surface area contributed by atoms with Crippen LogP contribution in [0.1, 0.15) is 0 Å². The second-order valence-electron chi connectivity index (χ2n) is 19.4. The normalized spacial score (nSPS) is 11.9. The van der Waals surface area contributed by atoms with Crippen molar-refractivity contribution in [2.24, 2.45) is 0 Å². The van der Waals surface area contributed by atoms with Crippen molar-refractivity contribution in [2.75, 3.05) is 0 Å². The molecule has 0 bridgehead atoms. The molecule has 79 heavy (non-hydrogen) atoms. The third kappa shape index (κ3) is 7.55. The first-order valence-electron chi connectivity index (χ1n) is 25.9. The molecule has 0 atom stereocenters. The second kappa shape index (κ2) is 18.7. The summed E-state index contributed by atoms with van der Waals surface area (Å²) in [5.74, 6) is 0.705. The van der Waals surface area contributed by atoms with Crippen LogP contribution in [0, 0.1) is 0 Å². The van der Waals surface area contributed by atoms with Crippen molar-refractivity contribution in [3.8, 4) is 28.5 Å². The lowest BCUT2D eigenvalue weighted by atomic mass is 10.1. The fourth-order valence-corrected chi connectivity index (χ4v) is 16.4. The van der Waals surface area contributed by atoms with E-state index in [4.69, 9.17) is 21.6 Å². The van der Waals surface area contributed by atoms with E-state index in [0.29, 0.717) is 11.2 Å². The van der Waals surface area contributed by atoms with Gasteiger partial charge in [-0.05, 0) is 60.1 Å². The van der Waals surface area contributed by atoms with Gasteiger partial charge in [-0.3, -0.25) is 4.57 Å². The van der Waals surface area contributed by atoms with Gasteiger partial charge >= 0.3 is 0 Å². The van der Waals surface area contributed by atoms with Crippen LogP contribution in [-0.4, -0.2) is 29.5 Å². The molecule has 0 saturated heterocycles. The van der Waals surface area contributed by atoms with Crippen molar-refractivity contribution in [2.45, 2.75) is 0 Å². The minimum Gasteiger partial charge on any atom is -0.354 e. The summed E-state index contributed by atoms with van der Waals surface area (Å²) in [6, 6.07) is 80.9. The number of halogens is 1. The molecule has 0 fully saturated rings. The number of hydrogen-bond donors (Lipinski definition) is 1. The van der Waals surface area contributed by atoms with Crippen molar-refractivity contribution < 1.29 is 0 Å². The highest BCUT2D eigenvalue weighted by atomic mass is 35.5. The first-order valence-corrected chi connectivity index (χ1v) is 29.5. The van der Waals surface area contributed by atoms with Gasteiger partial charge in [-0.25, -0.2) is 19.9 Å². The molecule has 0 amide bonds. The highest BCUT2D eigenvalue weighted by molar-refractivity contribution is 7.28. The molecule has 18 rings (SSSR count). The Morgan fingerprint density at radius 3 is 1.39 bits per heavy atom. The fourth-order valence-electron chi connectivity index (χ4n) is 11.4. The molecule has 0 aliphatic heterocycles. The maximum atomic E-state index is 6.11. The minimum absolute atomic E-state index is 0.292. The van der Waals surface area contributed by atoms with Gasteiger partial charge in [-0.15, -0.1) is 45.3 Å². The van der Waals surface area contributed by atoms with E-state index in [1.165, 1.54) is 87.7 Å². The Labute approximate surface area is 471 Å². The van der Waals surface area contributed by atoms with E-state index >= 15 is 0 Å². The number of thiophene rings is 4. The molecule has 0 saturated carbocycles. The van der Waals surface area contributed by atoms with Crippen LogP contribution < -0.4 is 0 Å². The number of nitrogens with one attached hydrogen (secondary N) is 1. The minimum atomic E-state index is 0.292. The van der Waals surface area contributed by atoms with Crippen molar-refractivity contribution in [3.05, 3.63) is 236 Å². The third-order valence-corrected chi connectivity index (χ3v) is 19.8. The lowest BCUT2D eigenvalue weighted by Gasteiger charge is -2.10. The Hall–Kier alpha value is -8.87. The number of aromatic amines is 1. The smallest absolute Gasteiger partial charge is 0.235 e. The second-order valence-corrected chi connectivity index (χ2v) is 24.0. The van der Waals surface area contributed by atoms with Gasteiger partial charge in [-0.1, -0.05) is 182 Å². The number of fused-ring (bicyclic) bond motifs is 20. The van der Waals surface area contributed by atoms with Gasteiger partial charge < -0.3 is 4.98 Å². The van der Waals surface area contributed by atoms with Crippen LogP contribution in [0.5, 0.6) is 0 Å². The number of H-pyrrole nitrogens is 1. The molecule has 0 aliphatic rings. The molecule has 8 aromatic heterocycles. The summed E-state index contributed by atoms with van der Waals surface area (Å²) in [6.45, 7) is 0. The molecule has 6 nitrogen and oxygen atoms in total. The maximum absolute atomic E-state index is 6.11. The van der Waals surface area contributed by atoms with Crippen LogP contribution >= 0.6 is 56.9 Å². The van der Waals surface area contributed by atoms with E-state index in [2.05, 4.69) is 208 Å². The van der Waals surface area contributed by atoms with Crippen LogP contribution in [0.3, 0.4) is 0 Å². The third-order valence-electron chi connectivity index (χ3n) is 14.9. The van der Waals surface area contributed by atoms with Crippen molar-refractivity contribution in [3.63, 3.8) is 0 Å². The fraction of sp³-hybridized carbons (Fsp3) is 0. The maximum Gasteiger partial charge on any atom is 0.235 e. The van der Waals surface area contributed by atoms with Gasteiger partial charge in [0.25, 0.3) is 0 Å². The van der Waals surface area contributed by atoms with E-state index in [-0.39, 0.29) is 0 Å². The molecule has 10 aromatic carbocycles. The molecule has 8 heterocycles. The van der Waals surface area contributed by atoms with Crippen LogP contribution in [0.4, 0.5) is 0 Å². The van der Waals surface area contributed by atoms with Crippen LogP contribution in [0.15, 0.2) is 231 Å². The van der Waals surface area contributed by atoms with Crippen LogP contribution in [-0.2, 0) is 0 Å². The van der Waals surface area contributed by atoms with Gasteiger partial charge in [0, 0.05) is 104 Å². The molecule has 18 aromatic rings. The van der Waals surface area contributed by atoms with E-state index in [9.17, 15) is 0 Å². The monoisotopic (exact) mass is 1100 g/mol. The first kappa shape index (κ1) is 46.2. The molecule has 11 heteroatoms. The average Bonchev–Trinajstić information content (AvgIpc) is 4.39. The van der Waals surface area contributed by atoms with Gasteiger partial charge in [0.1, 0.15) is 0 Å². The Kier molecular flexibility index (Phi) is 10.9. The molecule has 0 unspecified atom stereocenters. The number of rotatable bonds is 3. The van der Waals surface area contributed by atoms with Crippen LogP contribution in [0.25, 0.3) is 153 Å². The molecule has 372 valence electrons. The highest BCUT2D eigenvalue weighted by Gasteiger charge is 2.22. The summed E-state index contributed by atoms with van der Waals surface area (Å²) in [7, 11) is 0. The first-order chi connectivity index (χ1) is 39.1. The van der Waals surface area contributed by atoms with E-state index in [1.54, 1.807) is 22.7 Å². The molecule has 1 N–H and O–H groups in total. The summed E-state index contributed by atoms with van der Waals surface area (Å²) in [4.78, 5) is 22.9. The zero-order valence-corrected chi connectivity index (χ0v) is 45.7. The summed E-state index contributed by atoms with van der Waals surface area (Å²) in [5, 5.41) is 13.1. The molecular formula is C68H39ClN6S4. The van der Waals surface area contributed by atoms with Gasteiger partial charge in [0.05, 0.1) is 42.9 Å². The van der Waals surface area contributed by atoms with Gasteiger partial charge in [0.2, 0.25) is 11.2 Å². The Morgan fingerprint density at radius 1 is 0.316 bits per heavy atom. The highest BCUT2D eigenvalue weighted by Crippen LogP contribution is 2.46. The largest absolute Gasteiger partial charge is 0.354 e. The number of nitrogens with zero attached hydrogens (tertiary/aromatic N) is 5. The van der Waals surface area contributed by atoms with Crippen molar-refractivity contribution in [1.29, 1.82) is 0 Å². The predicted molar refractivity (Wildman–Crippen MR) is 342 cm³/mol. The van der Waals surface area contributed by atoms with Crippen molar-refractivity contribution >= 4 is 182 Å². The average molecular weight is 1100 g/mol. The molecule has 0 aliphatic carbocycles. The number of hydrogen-bond acceptors (Lipinski definition) is 8. The molecule has 0 radical (unpaired) electrons. The van der Waals surface area contributed by atoms with E-state index < -0.39 is 0 Å². The Morgan fingerprint density at radius 2 is 0.772 bits per heavy atom. The molecular weight excluding hydrogens is 1060 g/mol. The summed E-state index contributed by atoms with van der Waals surface area (Å²) < 4.78 is 12.3. The van der Waals surface area contributed by atoms with E-state index in [0.717, 1.165) is 59.4 Å². The standard InChI is InChI=1S/C34H19N3S2.C18H11NS.C16H9ClN2S/c1-2-10-20(11-3-1)30-33-31(24-14-6-9-17-28(24)39-33)36-34(35-30)37-25-15-7-4-13-23(25)29-26(37)19-18-22-21-12-5-8-16-27(21)38-32(22)29;1-3-7-14-13(6-1)17-15(19-14)10-9-12-11-5-2-4-8-16(11)20-18(12)17;17-16-18-13(10-6-2-1-3-7-10)15-14(19-16)11-8-4-5-9-12(11)20-15/h1-19H;1-10,19H;1-9H. The summed E-state index contributed by atoms with van der Waals surface area (Å²) >= 11 is 13.3. The summed E-state index contributed by atoms with van der Waals surface area (Å²) in [5.41, 5.74) is 10.7. The topological polar surface area (TPSA) is 72.3 Å². The van der Waals surface area contributed by atoms with E-state index in [1.807, 2.05) is 65.1 Å². The Bertz CT molecular complexity index is 5420. The van der Waals surface area contributed by atoms with Gasteiger partial charge in [0.15, 0.2) is 0 Å². The lowest BCUT2D eigenvalue weighted by molar-refractivity contribution is 1.02. The summed E-state index contributed by atoms with van der Waals surface area (Å²) in [6.07, 6.45) is 0. The quantitative estimate of drug-likeness (QED) is 0.179. The predicted octanol–water partition coefficient (Wildman–Crippen LogP) is 20.8. The zero-order valence-electron chi connectivity index (χ0n) is 41.7. The zero-order chi connectivity index (χ0) is 52.1. The number of aromatic nitrogens is 6.